The highest BCUT2D eigenvalue weighted by Gasteiger charge is 2.30. The number of hydrogen-bond donors (Lipinski definition) is 4. The van der Waals surface area contributed by atoms with Gasteiger partial charge in [0.05, 0.1) is 18.8 Å². The molecule has 2 atom stereocenters. The largest absolute Gasteiger partial charge is 0.389 e. The third-order valence-corrected chi connectivity index (χ3v) is 3.18. The molecule has 5 N–H and O–H groups in total. The molecule has 1 aliphatic rings. The predicted molar refractivity (Wildman–Crippen MR) is 71.4 cm³/mol. The summed E-state index contributed by atoms with van der Waals surface area (Å²) in [6.07, 6.45) is -1.53. The summed E-state index contributed by atoms with van der Waals surface area (Å²) < 4.78 is 0. The number of β-amino-alcohol motifs (C(OH)–C–C–N with tert-alkyl or cyclic N) is 2. The minimum Gasteiger partial charge on any atom is -0.389 e. The Kier molecular flexibility index (Phi) is 4.49. The van der Waals surface area contributed by atoms with Crippen molar-refractivity contribution in [3.05, 3.63) is 29.8 Å². The fourth-order valence-corrected chi connectivity index (χ4v) is 2.10. The van der Waals surface area contributed by atoms with Crippen LogP contribution in [0.3, 0.4) is 0 Å². The molecule has 0 spiro atoms. The van der Waals surface area contributed by atoms with Gasteiger partial charge in [-0.05, 0) is 17.7 Å². The zero-order valence-electron chi connectivity index (χ0n) is 10.6. The van der Waals surface area contributed by atoms with E-state index >= 15 is 0 Å². The standard InChI is InChI=1S/C13H19N3O3/c14-5-9-1-3-10(4-2-9)15-13(19)8-16-6-11(17)12(18)7-16/h1-4,11-12,17-18H,5-8,14H2,(H,15,19). The first kappa shape index (κ1) is 14.0. The lowest BCUT2D eigenvalue weighted by Crippen LogP contribution is -2.32. The molecule has 6 heteroatoms. The van der Waals surface area contributed by atoms with Crippen LogP contribution in [-0.4, -0.2) is 52.9 Å². The molecule has 2 rings (SSSR count). The molecule has 2 unspecified atom stereocenters. The number of aliphatic hydroxyl groups is 2. The Labute approximate surface area is 111 Å². The quantitative estimate of drug-likeness (QED) is 0.567. The number of hydrogen-bond acceptors (Lipinski definition) is 5. The molecule has 19 heavy (non-hydrogen) atoms. The highest BCUT2D eigenvalue weighted by atomic mass is 16.3. The maximum atomic E-state index is 11.8. The molecule has 6 nitrogen and oxygen atoms in total. The number of amides is 1. The van der Waals surface area contributed by atoms with Gasteiger partial charge in [-0.15, -0.1) is 0 Å². The van der Waals surface area contributed by atoms with Gasteiger partial charge in [-0.1, -0.05) is 12.1 Å². The van der Waals surface area contributed by atoms with Gasteiger partial charge in [0.25, 0.3) is 0 Å². The molecule has 1 amide bonds. The molecule has 1 aliphatic heterocycles. The monoisotopic (exact) mass is 265 g/mol. The van der Waals surface area contributed by atoms with Crippen LogP contribution in [0.25, 0.3) is 0 Å². The first-order chi connectivity index (χ1) is 9.08. The third-order valence-electron chi connectivity index (χ3n) is 3.18. The minimum absolute atomic E-state index is 0.159. The molecule has 1 aromatic rings. The van der Waals surface area contributed by atoms with Crippen LogP contribution < -0.4 is 11.1 Å². The van der Waals surface area contributed by atoms with Gasteiger partial charge in [0.1, 0.15) is 0 Å². The van der Waals surface area contributed by atoms with Crippen molar-refractivity contribution in [2.24, 2.45) is 5.73 Å². The number of likely N-dealkylation sites (tertiary alicyclic amines) is 1. The molecule has 0 aromatic heterocycles. The number of aliphatic hydroxyl groups excluding tert-OH is 2. The van der Waals surface area contributed by atoms with Crippen molar-refractivity contribution in [3.63, 3.8) is 0 Å². The second kappa shape index (κ2) is 6.12. The lowest BCUT2D eigenvalue weighted by atomic mass is 10.2. The minimum atomic E-state index is -0.767. The zero-order chi connectivity index (χ0) is 13.8. The van der Waals surface area contributed by atoms with Crippen LogP contribution in [0.5, 0.6) is 0 Å². The number of carbonyl (C=O) groups is 1. The number of nitrogens with zero attached hydrogens (tertiary/aromatic N) is 1. The van der Waals surface area contributed by atoms with Crippen molar-refractivity contribution in [2.75, 3.05) is 25.0 Å². The number of anilines is 1. The summed E-state index contributed by atoms with van der Waals surface area (Å²) in [6, 6.07) is 7.32. The number of nitrogens with one attached hydrogen (secondary N) is 1. The van der Waals surface area contributed by atoms with E-state index in [1.54, 1.807) is 17.0 Å². The number of benzene rings is 1. The smallest absolute Gasteiger partial charge is 0.238 e. The lowest BCUT2D eigenvalue weighted by Gasteiger charge is -2.14. The maximum absolute atomic E-state index is 11.8. The van der Waals surface area contributed by atoms with Gasteiger partial charge in [0.2, 0.25) is 5.91 Å². The van der Waals surface area contributed by atoms with Crippen LogP contribution in [0, 0.1) is 0 Å². The van der Waals surface area contributed by atoms with Crippen LogP contribution in [-0.2, 0) is 11.3 Å². The fraction of sp³-hybridized carbons (Fsp3) is 0.462. The first-order valence-corrected chi connectivity index (χ1v) is 6.26. The summed E-state index contributed by atoms with van der Waals surface area (Å²) in [5.41, 5.74) is 7.21. The Morgan fingerprint density at radius 3 is 2.37 bits per heavy atom. The summed E-state index contributed by atoms with van der Waals surface area (Å²) in [4.78, 5) is 13.5. The van der Waals surface area contributed by atoms with E-state index in [9.17, 15) is 15.0 Å². The summed E-state index contributed by atoms with van der Waals surface area (Å²) in [5.74, 6) is -0.165. The van der Waals surface area contributed by atoms with Crippen LogP contribution in [0.4, 0.5) is 5.69 Å². The predicted octanol–water partition coefficient (Wildman–Crippen LogP) is -0.879. The van der Waals surface area contributed by atoms with Crippen LogP contribution in [0.15, 0.2) is 24.3 Å². The van der Waals surface area contributed by atoms with Crippen LogP contribution >= 0.6 is 0 Å². The normalized spacial score (nSPS) is 23.5. The van der Waals surface area contributed by atoms with Crippen molar-refractivity contribution >= 4 is 11.6 Å². The Hall–Kier alpha value is -1.47. The van der Waals surface area contributed by atoms with Gasteiger partial charge in [-0.25, -0.2) is 0 Å². The molecular formula is C13H19N3O3. The van der Waals surface area contributed by atoms with E-state index in [-0.39, 0.29) is 12.5 Å². The number of nitrogens with two attached hydrogens (primary N) is 1. The van der Waals surface area contributed by atoms with E-state index in [4.69, 9.17) is 5.73 Å². The maximum Gasteiger partial charge on any atom is 0.238 e. The molecule has 1 aromatic carbocycles. The van der Waals surface area contributed by atoms with Crippen molar-refractivity contribution in [1.82, 2.24) is 4.90 Å². The molecule has 0 bridgehead atoms. The molecular weight excluding hydrogens is 246 g/mol. The SMILES string of the molecule is NCc1ccc(NC(=O)CN2CC(O)C(O)C2)cc1. The van der Waals surface area contributed by atoms with Gasteiger partial charge in [-0.2, -0.15) is 0 Å². The summed E-state index contributed by atoms with van der Waals surface area (Å²) in [7, 11) is 0. The summed E-state index contributed by atoms with van der Waals surface area (Å²) in [6.45, 7) is 1.27. The van der Waals surface area contributed by atoms with Crippen molar-refractivity contribution in [1.29, 1.82) is 0 Å². The second-order valence-corrected chi connectivity index (χ2v) is 4.78. The van der Waals surface area contributed by atoms with Gasteiger partial charge in [0, 0.05) is 25.3 Å². The Morgan fingerprint density at radius 2 is 1.84 bits per heavy atom. The molecule has 0 aliphatic carbocycles. The van der Waals surface area contributed by atoms with Crippen molar-refractivity contribution < 1.29 is 15.0 Å². The van der Waals surface area contributed by atoms with E-state index < -0.39 is 12.2 Å². The van der Waals surface area contributed by atoms with E-state index in [0.29, 0.717) is 25.3 Å². The van der Waals surface area contributed by atoms with E-state index in [0.717, 1.165) is 5.56 Å². The number of carbonyl (C=O) groups excluding carboxylic acids is 1. The number of rotatable bonds is 4. The molecule has 0 saturated carbocycles. The summed E-state index contributed by atoms with van der Waals surface area (Å²) in [5, 5.41) is 21.6. The first-order valence-electron chi connectivity index (χ1n) is 6.26. The Morgan fingerprint density at radius 1 is 1.26 bits per heavy atom. The van der Waals surface area contributed by atoms with Crippen LogP contribution in [0.2, 0.25) is 0 Å². The molecule has 1 fully saturated rings. The molecule has 1 saturated heterocycles. The zero-order valence-corrected chi connectivity index (χ0v) is 10.6. The average Bonchev–Trinajstić information content (AvgIpc) is 2.69. The fourth-order valence-electron chi connectivity index (χ4n) is 2.10. The highest BCUT2D eigenvalue weighted by molar-refractivity contribution is 5.92. The molecule has 1 heterocycles. The van der Waals surface area contributed by atoms with Crippen LogP contribution in [0.1, 0.15) is 5.56 Å². The lowest BCUT2D eigenvalue weighted by molar-refractivity contribution is -0.117. The van der Waals surface area contributed by atoms with Gasteiger partial charge < -0.3 is 21.3 Å². The second-order valence-electron chi connectivity index (χ2n) is 4.78. The molecule has 104 valence electrons. The van der Waals surface area contributed by atoms with Gasteiger partial charge in [-0.3, -0.25) is 9.69 Å². The summed E-state index contributed by atoms with van der Waals surface area (Å²) >= 11 is 0. The van der Waals surface area contributed by atoms with Gasteiger partial charge >= 0.3 is 0 Å². The third kappa shape index (κ3) is 3.74. The molecule has 0 radical (unpaired) electrons. The van der Waals surface area contributed by atoms with E-state index in [1.165, 1.54) is 0 Å². The Balaban J connectivity index is 1.84. The van der Waals surface area contributed by atoms with E-state index in [1.807, 2.05) is 12.1 Å². The Bertz CT molecular complexity index is 425. The topological polar surface area (TPSA) is 98.8 Å². The highest BCUT2D eigenvalue weighted by Crippen LogP contribution is 2.11. The van der Waals surface area contributed by atoms with Crippen molar-refractivity contribution in [2.45, 2.75) is 18.8 Å². The van der Waals surface area contributed by atoms with E-state index in [2.05, 4.69) is 5.32 Å². The van der Waals surface area contributed by atoms with Gasteiger partial charge in [0.15, 0.2) is 0 Å². The van der Waals surface area contributed by atoms with Crippen molar-refractivity contribution in [3.8, 4) is 0 Å². The average molecular weight is 265 g/mol.